The average molecular weight is 384 g/mol. The van der Waals surface area contributed by atoms with Gasteiger partial charge in [0.1, 0.15) is 5.25 Å². The fourth-order valence-electron chi connectivity index (χ4n) is 3.80. The predicted octanol–water partition coefficient (Wildman–Crippen LogP) is 0.221. The van der Waals surface area contributed by atoms with Crippen molar-refractivity contribution in [3.8, 4) is 0 Å². The zero-order valence-corrected chi connectivity index (χ0v) is 15.2. The third-order valence-electron chi connectivity index (χ3n) is 5.32. The summed E-state index contributed by atoms with van der Waals surface area (Å²) < 4.78 is 32.6. The molecule has 0 aliphatic carbocycles. The zero-order valence-electron chi connectivity index (χ0n) is 14.4. The summed E-state index contributed by atoms with van der Waals surface area (Å²) in [6.07, 6.45) is 1.35. The molecule has 2 atom stereocenters. The number of rotatable bonds is 4. The van der Waals surface area contributed by atoms with Crippen molar-refractivity contribution in [1.82, 2.24) is 9.79 Å². The molecule has 3 rings (SSSR count). The van der Waals surface area contributed by atoms with Gasteiger partial charge in [-0.3, -0.25) is 10.0 Å². The predicted molar refractivity (Wildman–Crippen MR) is 93.0 cm³/mol. The van der Waals surface area contributed by atoms with Gasteiger partial charge in [0.25, 0.3) is 5.91 Å². The van der Waals surface area contributed by atoms with Gasteiger partial charge in [-0.05, 0) is 30.7 Å². The fourth-order valence-corrected chi connectivity index (χ4v) is 5.94. The third kappa shape index (κ3) is 3.49. The number of piperidine rings is 1. The lowest BCUT2D eigenvalue weighted by Crippen LogP contribution is -2.64. The second-order valence-electron chi connectivity index (χ2n) is 6.82. The molecule has 2 heterocycles. The van der Waals surface area contributed by atoms with E-state index in [1.165, 1.54) is 15.3 Å². The summed E-state index contributed by atoms with van der Waals surface area (Å²) in [6.45, 7) is 0.321. The summed E-state index contributed by atoms with van der Waals surface area (Å²) in [6, 6.07) is 9.96. The van der Waals surface area contributed by atoms with Crippen LogP contribution in [-0.2, 0) is 19.6 Å². The van der Waals surface area contributed by atoms with E-state index < -0.39 is 33.4 Å². The first-order valence-corrected chi connectivity index (χ1v) is 10.2. The standard InChI is InChI=1S/C17H24N2O6S/c20-16(18-22)17(21)12-25-11-8-15(17)26(23,24)19-9-6-14(7-10-19)13-4-2-1-3-5-13/h1-5,14-15,21-22H,6-12H2,(H,18,20). The SMILES string of the molecule is O=C(NO)C1(O)COCCC1S(=O)(=O)N1CCC(c2ccccc2)CC1. The number of nitrogens with zero attached hydrogens (tertiary/aromatic N) is 1. The highest BCUT2D eigenvalue weighted by molar-refractivity contribution is 7.89. The summed E-state index contributed by atoms with van der Waals surface area (Å²) in [4.78, 5) is 11.9. The largest absolute Gasteiger partial charge is 0.378 e. The van der Waals surface area contributed by atoms with Gasteiger partial charge in [0.2, 0.25) is 10.0 Å². The fraction of sp³-hybridized carbons (Fsp3) is 0.588. The lowest BCUT2D eigenvalue weighted by Gasteiger charge is -2.41. The average Bonchev–Trinajstić information content (AvgIpc) is 2.68. The van der Waals surface area contributed by atoms with Crippen molar-refractivity contribution in [2.24, 2.45) is 0 Å². The van der Waals surface area contributed by atoms with Crippen LogP contribution in [0.15, 0.2) is 30.3 Å². The van der Waals surface area contributed by atoms with Gasteiger partial charge < -0.3 is 9.84 Å². The molecule has 9 heteroatoms. The number of nitrogens with one attached hydrogen (secondary N) is 1. The van der Waals surface area contributed by atoms with Crippen LogP contribution in [0.3, 0.4) is 0 Å². The summed E-state index contributed by atoms with van der Waals surface area (Å²) in [5.74, 6) is -0.873. The van der Waals surface area contributed by atoms with E-state index in [4.69, 9.17) is 9.94 Å². The van der Waals surface area contributed by atoms with E-state index in [1.54, 1.807) is 0 Å². The zero-order chi connectivity index (χ0) is 18.8. The van der Waals surface area contributed by atoms with E-state index in [9.17, 15) is 18.3 Å². The first kappa shape index (κ1) is 19.2. The van der Waals surface area contributed by atoms with Crippen LogP contribution in [0.2, 0.25) is 0 Å². The van der Waals surface area contributed by atoms with Crippen LogP contribution in [0.25, 0.3) is 0 Å². The molecule has 8 nitrogen and oxygen atoms in total. The molecule has 2 saturated heterocycles. The Morgan fingerprint density at radius 1 is 1.19 bits per heavy atom. The Balaban J connectivity index is 1.75. The van der Waals surface area contributed by atoms with Gasteiger partial charge in [0.05, 0.1) is 6.61 Å². The lowest BCUT2D eigenvalue weighted by molar-refractivity contribution is -0.161. The van der Waals surface area contributed by atoms with E-state index in [2.05, 4.69) is 0 Å². The Hall–Kier alpha value is -1.52. The van der Waals surface area contributed by atoms with Crippen molar-refractivity contribution in [2.75, 3.05) is 26.3 Å². The number of carbonyl (C=O) groups excluding carboxylic acids is 1. The highest BCUT2D eigenvalue weighted by Gasteiger charge is 2.54. The Morgan fingerprint density at radius 3 is 2.46 bits per heavy atom. The van der Waals surface area contributed by atoms with E-state index in [0.717, 1.165) is 0 Å². The summed E-state index contributed by atoms with van der Waals surface area (Å²) in [5.41, 5.74) is 0.240. The van der Waals surface area contributed by atoms with Crippen molar-refractivity contribution < 1.29 is 28.3 Å². The van der Waals surface area contributed by atoms with Gasteiger partial charge in [-0.25, -0.2) is 18.2 Å². The summed E-state index contributed by atoms with van der Waals surface area (Å²) in [7, 11) is -3.92. The van der Waals surface area contributed by atoms with Gasteiger partial charge in [0.15, 0.2) is 5.60 Å². The smallest absolute Gasteiger partial charge is 0.279 e. The molecule has 0 saturated carbocycles. The number of ether oxygens (including phenoxy) is 1. The monoisotopic (exact) mass is 384 g/mol. The molecule has 0 aromatic heterocycles. The Kier molecular flexibility index (Phi) is 5.64. The van der Waals surface area contributed by atoms with Crippen molar-refractivity contribution in [1.29, 1.82) is 0 Å². The van der Waals surface area contributed by atoms with E-state index in [1.807, 2.05) is 30.3 Å². The van der Waals surface area contributed by atoms with Gasteiger partial charge in [-0.2, -0.15) is 0 Å². The molecule has 0 radical (unpaired) electrons. The molecule has 2 unspecified atom stereocenters. The molecule has 144 valence electrons. The van der Waals surface area contributed by atoms with Crippen LogP contribution < -0.4 is 5.48 Å². The molecule has 0 spiro atoms. The van der Waals surface area contributed by atoms with Crippen LogP contribution in [0, 0.1) is 0 Å². The second-order valence-corrected chi connectivity index (χ2v) is 8.94. The maximum absolute atomic E-state index is 13.1. The Bertz CT molecular complexity index is 733. The molecule has 2 fully saturated rings. The summed E-state index contributed by atoms with van der Waals surface area (Å²) in [5, 5.41) is 18.1. The molecule has 2 aliphatic rings. The first-order valence-electron chi connectivity index (χ1n) is 8.68. The maximum atomic E-state index is 13.1. The number of amides is 1. The molecule has 3 N–H and O–H groups in total. The van der Waals surface area contributed by atoms with Crippen molar-refractivity contribution in [2.45, 2.75) is 36.0 Å². The third-order valence-corrected chi connectivity index (χ3v) is 7.75. The van der Waals surface area contributed by atoms with E-state index >= 15 is 0 Å². The van der Waals surface area contributed by atoms with Crippen molar-refractivity contribution in [3.05, 3.63) is 35.9 Å². The number of hydrogen-bond acceptors (Lipinski definition) is 6. The summed E-state index contributed by atoms with van der Waals surface area (Å²) >= 11 is 0. The number of hydroxylamine groups is 1. The van der Waals surface area contributed by atoms with Crippen LogP contribution in [-0.4, -0.2) is 66.1 Å². The van der Waals surface area contributed by atoms with Crippen LogP contribution in [0.4, 0.5) is 0 Å². The highest BCUT2D eigenvalue weighted by Crippen LogP contribution is 2.33. The number of carbonyl (C=O) groups is 1. The molecule has 1 aromatic rings. The van der Waals surface area contributed by atoms with Gasteiger partial charge in [-0.15, -0.1) is 0 Å². The molecule has 2 aliphatic heterocycles. The van der Waals surface area contributed by atoms with Crippen LogP contribution in [0.5, 0.6) is 0 Å². The normalized spacial score (nSPS) is 28.6. The Morgan fingerprint density at radius 2 is 1.85 bits per heavy atom. The van der Waals surface area contributed by atoms with E-state index in [-0.39, 0.29) is 18.9 Å². The van der Waals surface area contributed by atoms with Gasteiger partial charge in [-0.1, -0.05) is 30.3 Å². The number of hydrogen-bond donors (Lipinski definition) is 3. The highest BCUT2D eigenvalue weighted by atomic mass is 32.2. The molecule has 26 heavy (non-hydrogen) atoms. The molecular weight excluding hydrogens is 360 g/mol. The molecule has 0 bridgehead atoms. The minimum atomic E-state index is -3.92. The molecular formula is C17H24N2O6S. The number of aliphatic hydroxyl groups is 1. The second kappa shape index (κ2) is 7.61. The number of sulfonamides is 1. The Labute approximate surface area is 152 Å². The number of benzene rings is 1. The molecule has 1 amide bonds. The van der Waals surface area contributed by atoms with Gasteiger partial charge in [0, 0.05) is 19.7 Å². The topological polar surface area (TPSA) is 116 Å². The minimum absolute atomic E-state index is 0.00906. The van der Waals surface area contributed by atoms with Crippen LogP contribution in [0.1, 0.15) is 30.7 Å². The van der Waals surface area contributed by atoms with Crippen LogP contribution >= 0.6 is 0 Å². The van der Waals surface area contributed by atoms with Crippen molar-refractivity contribution >= 4 is 15.9 Å². The lowest BCUT2D eigenvalue weighted by atomic mass is 9.90. The van der Waals surface area contributed by atoms with Crippen molar-refractivity contribution in [3.63, 3.8) is 0 Å². The molecule has 1 aromatic carbocycles. The van der Waals surface area contributed by atoms with Gasteiger partial charge >= 0.3 is 0 Å². The first-order chi connectivity index (χ1) is 12.4. The maximum Gasteiger partial charge on any atom is 0.279 e. The minimum Gasteiger partial charge on any atom is -0.378 e. The quantitative estimate of drug-likeness (QED) is 0.505. The van der Waals surface area contributed by atoms with E-state index in [0.29, 0.717) is 25.9 Å².